The molecule has 6 heteroatoms. The molecule has 0 aliphatic heterocycles. The van der Waals surface area contributed by atoms with Gasteiger partial charge >= 0.3 is 5.97 Å². The summed E-state index contributed by atoms with van der Waals surface area (Å²) in [6.45, 7) is 4.99. The second kappa shape index (κ2) is 5.96. The number of rotatable bonds is 5. The number of sulfone groups is 1. The van der Waals surface area contributed by atoms with E-state index in [1.165, 1.54) is 17.8 Å². The molecule has 0 aliphatic carbocycles. The zero-order valence-electron chi connectivity index (χ0n) is 11.2. The molecule has 0 heterocycles. The molecule has 1 rings (SSSR count). The maximum absolute atomic E-state index is 11.9. The Bertz CT molecular complexity index is 556. The number of carboxylic acids is 1. The van der Waals surface area contributed by atoms with Gasteiger partial charge in [0.15, 0.2) is 9.84 Å². The number of aromatic carboxylic acids is 1. The third kappa shape index (κ3) is 4.24. The molecular weight excluding hydrogens is 284 g/mol. The molecule has 0 unspecified atom stereocenters. The van der Waals surface area contributed by atoms with E-state index < -0.39 is 20.6 Å². The second-order valence-corrected chi connectivity index (χ2v) is 9.08. The molecule has 1 N–H and O–H groups in total. The average molecular weight is 302 g/mol. The highest BCUT2D eigenvalue weighted by atomic mass is 32.2. The first-order chi connectivity index (χ1) is 8.65. The Morgan fingerprint density at radius 2 is 1.84 bits per heavy atom. The lowest BCUT2D eigenvalue weighted by Crippen LogP contribution is -2.31. The van der Waals surface area contributed by atoms with Gasteiger partial charge in [0.1, 0.15) is 0 Å². The van der Waals surface area contributed by atoms with Gasteiger partial charge in [0.25, 0.3) is 0 Å². The van der Waals surface area contributed by atoms with Gasteiger partial charge in [-0.15, -0.1) is 11.8 Å². The van der Waals surface area contributed by atoms with Gasteiger partial charge in [-0.05, 0) is 32.9 Å². The van der Waals surface area contributed by atoms with Gasteiger partial charge in [-0.1, -0.05) is 12.1 Å². The minimum atomic E-state index is -3.17. The van der Waals surface area contributed by atoms with Crippen molar-refractivity contribution in [3.05, 3.63) is 29.8 Å². The summed E-state index contributed by atoms with van der Waals surface area (Å²) in [7, 11) is -3.17. The molecule has 1 aromatic carbocycles. The predicted octanol–water partition coefficient (Wildman–Crippen LogP) is 2.69. The molecule has 106 valence electrons. The molecule has 0 bridgehead atoms. The van der Waals surface area contributed by atoms with E-state index in [9.17, 15) is 13.2 Å². The van der Waals surface area contributed by atoms with E-state index in [-0.39, 0.29) is 11.3 Å². The van der Waals surface area contributed by atoms with Gasteiger partial charge in [-0.2, -0.15) is 0 Å². The summed E-state index contributed by atoms with van der Waals surface area (Å²) in [4.78, 5) is 11.6. The van der Waals surface area contributed by atoms with Crippen LogP contribution in [-0.2, 0) is 9.84 Å². The summed E-state index contributed by atoms with van der Waals surface area (Å²) < 4.78 is 23.1. The monoisotopic (exact) mass is 302 g/mol. The molecular formula is C13H18O4S2. The number of benzene rings is 1. The van der Waals surface area contributed by atoms with Crippen molar-refractivity contribution >= 4 is 27.6 Å². The van der Waals surface area contributed by atoms with Crippen LogP contribution in [-0.4, -0.2) is 35.7 Å². The van der Waals surface area contributed by atoms with Crippen molar-refractivity contribution in [1.29, 1.82) is 0 Å². The summed E-state index contributed by atoms with van der Waals surface area (Å²) in [5, 5.41) is 9.02. The molecule has 1 aromatic rings. The first kappa shape index (κ1) is 16.0. The highest BCUT2D eigenvalue weighted by molar-refractivity contribution is 8.01. The third-order valence-electron chi connectivity index (χ3n) is 2.66. The fourth-order valence-corrected chi connectivity index (χ4v) is 3.87. The summed E-state index contributed by atoms with van der Waals surface area (Å²) in [6, 6.07) is 6.60. The minimum absolute atomic E-state index is 0.0368. The molecule has 0 spiro atoms. The standard InChI is InChI=1S/C13H18O4S2/c1-13(2,3)19(16,17)9-8-18-11-7-5-4-6-10(11)12(14)15/h4-7H,8-9H2,1-3H3,(H,14,15). The molecule has 0 radical (unpaired) electrons. The van der Waals surface area contributed by atoms with Gasteiger partial charge in [0.2, 0.25) is 0 Å². The molecule has 0 aromatic heterocycles. The van der Waals surface area contributed by atoms with Gasteiger partial charge in [-0.3, -0.25) is 0 Å². The Kier molecular flexibility index (Phi) is 5.04. The SMILES string of the molecule is CC(C)(C)S(=O)(=O)CCSc1ccccc1C(=O)O. The molecule has 0 amide bonds. The number of hydrogen-bond donors (Lipinski definition) is 1. The van der Waals surface area contributed by atoms with Crippen molar-refractivity contribution < 1.29 is 18.3 Å². The van der Waals surface area contributed by atoms with Crippen LogP contribution >= 0.6 is 11.8 Å². The molecule has 0 atom stereocenters. The van der Waals surface area contributed by atoms with E-state index >= 15 is 0 Å². The molecule has 19 heavy (non-hydrogen) atoms. The number of carbonyl (C=O) groups is 1. The lowest BCUT2D eigenvalue weighted by molar-refractivity contribution is 0.0693. The Labute approximate surface area is 118 Å². The summed E-state index contributed by atoms with van der Waals surface area (Å²) in [5.74, 6) is -0.610. The fourth-order valence-electron chi connectivity index (χ4n) is 1.34. The van der Waals surface area contributed by atoms with E-state index in [0.717, 1.165) is 0 Å². The van der Waals surface area contributed by atoms with Crippen molar-refractivity contribution in [3.63, 3.8) is 0 Å². The topological polar surface area (TPSA) is 71.4 Å². The van der Waals surface area contributed by atoms with Crippen LogP contribution in [0.4, 0.5) is 0 Å². The van der Waals surface area contributed by atoms with Crippen LogP contribution in [0.25, 0.3) is 0 Å². The van der Waals surface area contributed by atoms with Crippen molar-refractivity contribution in [2.45, 2.75) is 30.4 Å². The summed E-state index contributed by atoms with van der Waals surface area (Å²) in [5.41, 5.74) is 0.209. The molecule has 0 fully saturated rings. The van der Waals surface area contributed by atoms with Crippen LogP contribution in [0.15, 0.2) is 29.2 Å². The zero-order valence-corrected chi connectivity index (χ0v) is 12.8. The Morgan fingerprint density at radius 1 is 1.26 bits per heavy atom. The van der Waals surface area contributed by atoms with Crippen LogP contribution < -0.4 is 0 Å². The van der Waals surface area contributed by atoms with Crippen molar-refractivity contribution in [2.24, 2.45) is 0 Å². The van der Waals surface area contributed by atoms with E-state index in [2.05, 4.69) is 0 Å². The Hall–Kier alpha value is -1.01. The smallest absolute Gasteiger partial charge is 0.336 e. The van der Waals surface area contributed by atoms with E-state index in [1.807, 2.05) is 0 Å². The van der Waals surface area contributed by atoms with Crippen molar-refractivity contribution in [2.75, 3.05) is 11.5 Å². The highest BCUT2D eigenvalue weighted by Gasteiger charge is 2.28. The highest BCUT2D eigenvalue weighted by Crippen LogP contribution is 2.24. The van der Waals surface area contributed by atoms with E-state index in [1.54, 1.807) is 39.0 Å². The quantitative estimate of drug-likeness (QED) is 0.847. The fraction of sp³-hybridized carbons (Fsp3) is 0.462. The normalized spacial score (nSPS) is 12.4. The Balaban J connectivity index is 2.72. The number of hydrogen-bond acceptors (Lipinski definition) is 4. The number of thioether (sulfide) groups is 1. The average Bonchev–Trinajstić information content (AvgIpc) is 2.27. The lowest BCUT2D eigenvalue weighted by Gasteiger charge is -2.18. The van der Waals surface area contributed by atoms with Crippen LogP contribution in [0.3, 0.4) is 0 Å². The van der Waals surface area contributed by atoms with Gasteiger partial charge in [0.05, 0.1) is 16.1 Å². The molecule has 0 saturated heterocycles. The van der Waals surface area contributed by atoms with Crippen LogP contribution in [0.1, 0.15) is 31.1 Å². The van der Waals surface area contributed by atoms with Gasteiger partial charge < -0.3 is 5.11 Å². The van der Waals surface area contributed by atoms with Gasteiger partial charge in [0, 0.05) is 10.6 Å². The maximum atomic E-state index is 11.9. The third-order valence-corrected chi connectivity index (χ3v) is 6.60. The maximum Gasteiger partial charge on any atom is 0.336 e. The van der Waals surface area contributed by atoms with Gasteiger partial charge in [-0.25, -0.2) is 13.2 Å². The summed E-state index contributed by atoms with van der Waals surface area (Å²) >= 11 is 1.26. The largest absolute Gasteiger partial charge is 0.478 e. The zero-order chi connectivity index (χ0) is 14.7. The lowest BCUT2D eigenvalue weighted by atomic mass is 10.2. The molecule has 4 nitrogen and oxygen atoms in total. The predicted molar refractivity (Wildman–Crippen MR) is 77.7 cm³/mol. The molecule has 0 aliphatic rings. The van der Waals surface area contributed by atoms with Crippen LogP contribution in [0, 0.1) is 0 Å². The second-order valence-electron chi connectivity index (χ2n) is 5.08. The minimum Gasteiger partial charge on any atom is -0.478 e. The van der Waals surface area contributed by atoms with Crippen LogP contribution in [0.5, 0.6) is 0 Å². The summed E-state index contributed by atoms with van der Waals surface area (Å²) in [6.07, 6.45) is 0. The van der Waals surface area contributed by atoms with Crippen molar-refractivity contribution in [3.8, 4) is 0 Å². The number of carboxylic acid groups (broad SMARTS) is 1. The first-order valence-electron chi connectivity index (χ1n) is 5.82. The van der Waals surface area contributed by atoms with E-state index in [0.29, 0.717) is 10.6 Å². The van der Waals surface area contributed by atoms with Crippen molar-refractivity contribution in [1.82, 2.24) is 0 Å². The van der Waals surface area contributed by atoms with E-state index in [4.69, 9.17) is 5.11 Å². The first-order valence-corrected chi connectivity index (χ1v) is 8.46. The molecule has 0 saturated carbocycles. The van der Waals surface area contributed by atoms with Crippen LogP contribution in [0.2, 0.25) is 0 Å². The Morgan fingerprint density at radius 3 is 2.37 bits per heavy atom.